The number of nitrogens with one attached hydrogen (secondary N) is 1. The van der Waals surface area contributed by atoms with Crippen LogP contribution in [0.15, 0.2) is 42.6 Å². The molecule has 2 aliphatic rings. The number of piperazine rings is 1. The number of carbonyl (C=O) groups is 1. The molecule has 0 bridgehead atoms. The lowest BCUT2D eigenvalue weighted by Gasteiger charge is -2.36. The summed E-state index contributed by atoms with van der Waals surface area (Å²) in [7, 11) is 0. The van der Waals surface area contributed by atoms with Crippen molar-refractivity contribution in [2.75, 3.05) is 41.3 Å². The molecular weight excluding hydrogens is 319 g/mol. The van der Waals surface area contributed by atoms with Gasteiger partial charge in [0.2, 0.25) is 5.91 Å². The Morgan fingerprint density at radius 1 is 1.00 bits per heavy atom. The summed E-state index contributed by atoms with van der Waals surface area (Å²) in [5.41, 5.74) is 1.80. The molecule has 5 nitrogen and oxygen atoms in total. The fourth-order valence-electron chi connectivity index (χ4n) is 3.08. The van der Waals surface area contributed by atoms with E-state index in [0.717, 1.165) is 56.2 Å². The number of carbonyl (C=O) groups excluding carboxylic acids is 1. The molecule has 1 aliphatic heterocycles. The Hall–Kier alpha value is -2.63. The first-order valence-corrected chi connectivity index (χ1v) is 8.71. The van der Waals surface area contributed by atoms with Crippen molar-refractivity contribution in [2.24, 2.45) is 5.92 Å². The molecule has 1 N–H and O–H groups in total. The standard InChI is InChI=1S/C19H21FN4O/c20-15-3-6-17(7-4-15)23-9-11-24(12-10-23)18-8-5-16(13-21-18)22-19(25)14-1-2-14/h3-8,13-14H,1-2,9-12H2,(H,22,25). The maximum absolute atomic E-state index is 13.0. The molecule has 1 saturated heterocycles. The number of anilines is 3. The minimum atomic E-state index is -0.208. The summed E-state index contributed by atoms with van der Waals surface area (Å²) in [5.74, 6) is 1.00. The number of amides is 1. The molecule has 2 fully saturated rings. The second kappa shape index (κ2) is 6.70. The number of aromatic nitrogens is 1. The number of nitrogens with zero attached hydrogens (tertiary/aromatic N) is 3. The Bertz CT molecular complexity index is 735. The Morgan fingerprint density at radius 3 is 2.28 bits per heavy atom. The van der Waals surface area contributed by atoms with Crippen LogP contribution in [0.3, 0.4) is 0 Å². The first kappa shape index (κ1) is 15.9. The van der Waals surface area contributed by atoms with Crippen LogP contribution in [0.25, 0.3) is 0 Å². The highest BCUT2D eigenvalue weighted by Gasteiger charge is 2.29. The van der Waals surface area contributed by atoms with Gasteiger partial charge in [-0.1, -0.05) is 0 Å². The second-order valence-electron chi connectivity index (χ2n) is 6.62. The van der Waals surface area contributed by atoms with Gasteiger partial charge in [0, 0.05) is 37.8 Å². The van der Waals surface area contributed by atoms with Crippen LogP contribution in [0.1, 0.15) is 12.8 Å². The lowest BCUT2D eigenvalue weighted by atomic mass is 10.2. The van der Waals surface area contributed by atoms with Crippen molar-refractivity contribution in [3.8, 4) is 0 Å². The van der Waals surface area contributed by atoms with Gasteiger partial charge < -0.3 is 15.1 Å². The van der Waals surface area contributed by atoms with Crippen LogP contribution in [0.2, 0.25) is 0 Å². The van der Waals surface area contributed by atoms with Crippen molar-refractivity contribution in [1.82, 2.24) is 4.98 Å². The number of halogens is 1. The van der Waals surface area contributed by atoms with Crippen LogP contribution in [-0.4, -0.2) is 37.1 Å². The van der Waals surface area contributed by atoms with Gasteiger partial charge in [0.25, 0.3) is 0 Å². The molecule has 6 heteroatoms. The highest BCUT2D eigenvalue weighted by molar-refractivity contribution is 5.93. The molecule has 1 aromatic heterocycles. The molecule has 0 unspecified atom stereocenters. The molecule has 2 aromatic rings. The van der Waals surface area contributed by atoms with Crippen molar-refractivity contribution >= 4 is 23.1 Å². The molecule has 0 spiro atoms. The maximum atomic E-state index is 13.0. The molecule has 25 heavy (non-hydrogen) atoms. The van der Waals surface area contributed by atoms with Gasteiger partial charge in [0.05, 0.1) is 11.9 Å². The van der Waals surface area contributed by atoms with E-state index in [4.69, 9.17) is 0 Å². The quantitative estimate of drug-likeness (QED) is 0.930. The van der Waals surface area contributed by atoms with Crippen LogP contribution < -0.4 is 15.1 Å². The summed E-state index contributed by atoms with van der Waals surface area (Å²) >= 11 is 0. The molecule has 1 saturated carbocycles. The SMILES string of the molecule is O=C(Nc1ccc(N2CCN(c3ccc(F)cc3)CC2)nc1)C1CC1. The summed E-state index contributed by atoms with van der Waals surface area (Å²) in [6.07, 6.45) is 3.72. The molecule has 1 aliphatic carbocycles. The third kappa shape index (κ3) is 3.73. The Morgan fingerprint density at radius 2 is 1.68 bits per heavy atom. The van der Waals surface area contributed by atoms with Crippen molar-refractivity contribution in [3.05, 3.63) is 48.4 Å². The molecule has 0 radical (unpaired) electrons. The zero-order valence-corrected chi connectivity index (χ0v) is 14.0. The van der Waals surface area contributed by atoms with E-state index >= 15 is 0 Å². The predicted molar refractivity (Wildman–Crippen MR) is 96.4 cm³/mol. The first-order valence-electron chi connectivity index (χ1n) is 8.71. The van der Waals surface area contributed by atoms with E-state index in [2.05, 4.69) is 20.1 Å². The van der Waals surface area contributed by atoms with Crippen molar-refractivity contribution in [1.29, 1.82) is 0 Å². The average molecular weight is 340 g/mol. The van der Waals surface area contributed by atoms with Gasteiger partial charge in [-0.05, 0) is 49.2 Å². The van der Waals surface area contributed by atoms with Crippen LogP contribution in [0, 0.1) is 11.7 Å². The van der Waals surface area contributed by atoms with Gasteiger partial charge in [-0.3, -0.25) is 4.79 Å². The molecule has 2 heterocycles. The third-order valence-corrected chi connectivity index (χ3v) is 4.76. The molecule has 1 amide bonds. The number of benzene rings is 1. The van der Waals surface area contributed by atoms with E-state index in [1.807, 2.05) is 24.3 Å². The molecule has 0 atom stereocenters. The summed E-state index contributed by atoms with van der Waals surface area (Å²) in [5, 5.41) is 2.91. The molecule has 4 rings (SSSR count). The number of hydrogen-bond acceptors (Lipinski definition) is 4. The highest BCUT2D eigenvalue weighted by Crippen LogP contribution is 2.30. The van der Waals surface area contributed by atoms with Crippen molar-refractivity contribution in [3.63, 3.8) is 0 Å². The van der Waals surface area contributed by atoms with Gasteiger partial charge in [0.15, 0.2) is 0 Å². The first-order chi connectivity index (χ1) is 12.2. The Kier molecular flexibility index (Phi) is 4.26. The van der Waals surface area contributed by atoms with Crippen LogP contribution in [0.5, 0.6) is 0 Å². The number of pyridine rings is 1. The van der Waals surface area contributed by atoms with Gasteiger partial charge in [-0.25, -0.2) is 9.37 Å². The predicted octanol–water partition coefficient (Wildman–Crippen LogP) is 2.90. The van der Waals surface area contributed by atoms with E-state index in [9.17, 15) is 9.18 Å². The monoisotopic (exact) mass is 340 g/mol. The van der Waals surface area contributed by atoms with Gasteiger partial charge >= 0.3 is 0 Å². The topological polar surface area (TPSA) is 48.5 Å². The molecular formula is C19H21FN4O. The van der Waals surface area contributed by atoms with E-state index in [1.165, 1.54) is 12.1 Å². The minimum absolute atomic E-state index is 0.0995. The zero-order chi connectivity index (χ0) is 17.2. The van der Waals surface area contributed by atoms with E-state index in [1.54, 1.807) is 6.20 Å². The normalized spacial score (nSPS) is 17.5. The summed E-state index contributed by atoms with van der Waals surface area (Å²) in [6.45, 7) is 3.46. The Labute approximate surface area is 146 Å². The Balaban J connectivity index is 1.34. The van der Waals surface area contributed by atoms with Crippen molar-refractivity contribution < 1.29 is 9.18 Å². The summed E-state index contributed by atoms with van der Waals surface area (Å²) in [6, 6.07) is 10.5. The summed E-state index contributed by atoms with van der Waals surface area (Å²) < 4.78 is 13.0. The van der Waals surface area contributed by atoms with Crippen molar-refractivity contribution in [2.45, 2.75) is 12.8 Å². The lowest BCUT2D eigenvalue weighted by Crippen LogP contribution is -2.46. The smallest absolute Gasteiger partial charge is 0.227 e. The second-order valence-corrected chi connectivity index (χ2v) is 6.62. The van der Waals surface area contributed by atoms with E-state index < -0.39 is 0 Å². The maximum Gasteiger partial charge on any atom is 0.227 e. The molecule has 130 valence electrons. The van der Waals surface area contributed by atoms with Gasteiger partial charge in [-0.15, -0.1) is 0 Å². The largest absolute Gasteiger partial charge is 0.368 e. The van der Waals surface area contributed by atoms with Crippen LogP contribution in [-0.2, 0) is 4.79 Å². The minimum Gasteiger partial charge on any atom is -0.368 e. The number of hydrogen-bond donors (Lipinski definition) is 1. The highest BCUT2D eigenvalue weighted by atomic mass is 19.1. The third-order valence-electron chi connectivity index (χ3n) is 4.76. The summed E-state index contributed by atoms with van der Waals surface area (Å²) in [4.78, 5) is 20.7. The lowest BCUT2D eigenvalue weighted by molar-refractivity contribution is -0.117. The average Bonchev–Trinajstić information content (AvgIpc) is 3.49. The zero-order valence-electron chi connectivity index (χ0n) is 14.0. The molecule has 1 aromatic carbocycles. The van der Waals surface area contributed by atoms with Gasteiger partial charge in [-0.2, -0.15) is 0 Å². The van der Waals surface area contributed by atoms with Crippen LogP contribution >= 0.6 is 0 Å². The fourth-order valence-corrected chi connectivity index (χ4v) is 3.08. The van der Waals surface area contributed by atoms with Crippen LogP contribution in [0.4, 0.5) is 21.6 Å². The van der Waals surface area contributed by atoms with Gasteiger partial charge in [0.1, 0.15) is 11.6 Å². The number of rotatable bonds is 4. The fraction of sp³-hybridized carbons (Fsp3) is 0.368. The van der Waals surface area contributed by atoms with E-state index in [0.29, 0.717) is 0 Å². The van der Waals surface area contributed by atoms with E-state index in [-0.39, 0.29) is 17.6 Å².